The second-order valence-electron chi connectivity index (χ2n) is 27.2. The lowest BCUT2D eigenvalue weighted by Gasteiger charge is -2.35. The predicted molar refractivity (Wildman–Crippen MR) is 422 cm³/mol. The Bertz CT molecular complexity index is 3920. The van der Waals surface area contributed by atoms with Crippen LogP contribution in [0.1, 0.15) is 87.8 Å². The SMILES string of the molecule is CCCCOCCCC(=O)CN1c2ccc(Cl)cc2N=C(N2CCN(C)CC2)c2ccccc21.CNCC(=O)CCCOCCCC(=O)CN1c2ccc(Cl)cc2N=C(N2CCN(C)CC2)c2ccccc21.CNCCCC(=O)CN1c2ccc(Cl)cc2N=C(N2CCN(C)CC2)c2ccccc21. The molecular weight excluding hydrogens is 1360 g/mol. The molecule has 6 aromatic rings. The highest BCUT2D eigenvalue weighted by Crippen LogP contribution is 2.45. The van der Waals surface area contributed by atoms with Crippen LogP contribution in [0.15, 0.2) is 142 Å². The summed E-state index contributed by atoms with van der Waals surface area (Å²) >= 11 is 19.1. The van der Waals surface area contributed by atoms with E-state index in [-0.39, 0.29) is 29.7 Å². The third-order valence-corrected chi connectivity index (χ3v) is 19.9. The van der Waals surface area contributed by atoms with Crippen molar-refractivity contribution in [3.05, 3.63) is 159 Å². The third-order valence-electron chi connectivity index (χ3n) is 19.2. The van der Waals surface area contributed by atoms with E-state index in [0.29, 0.717) is 93.0 Å². The number of ketones is 4. The number of rotatable bonds is 27. The number of ether oxygens (including phenoxy) is 2. The number of carbonyl (C=O) groups excluding carboxylic acids is 4. The van der Waals surface area contributed by atoms with Crippen molar-refractivity contribution in [1.82, 2.24) is 40.0 Å². The first-order valence-corrected chi connectivity index (χ1v) is 37.8. The number of halogens is 3. The molecule has 6 aromatic carbocycles. The van der Waals surface area contributed by atoms with Gasteiger partial charge in [-0.25, -0.2) is 15.0 Å². The molecule has 0 saturated carbocycles. The van der Waals surface area contributed by atoms with E-state index < -0.39 is 0 Å². The minimum absolute atomic E-state index is 0.136. The first kappa shape index (κ1) is 78.0. The average Bonchev–Trinajstić information content (AvgIpc) is 1.65. The topological polar surface area (TPSA) is 177 Å². The quantitative estimate of drug-likeness (QED) is 0.0465. The number of likely N-dealkylation sites (N-methyl/N-ethyl adjacent to an activating group) is 4. The van der Waals surface area contributed by atoms with Gasteiger partial charge in [0.05, 0.1) is 77.4 Å². The summed E-state index contributed by atoms with van der Waals surface area (Å²) in [6.45, 7) is 18.1. The number of aliphatic imine (C=N–C) groups is 3. The summed E-state index contributed by atoms with van der Waals surface area (Å²) in [7, 11) is 10.1. The number of amidine groups is 3. The van der Waals surface area contributed by atoms with Crippen LogP contribution in [0.25, 0.3) is 0 Å². The van der Waals surface area contributed by atoms with Gasteiger partial charge in [-0.3, -0.25) is 19.2 Å². The fourth-order valence-electron chi connectivity index (χ4n) is 13.4. The number of nitrogens with zero attached hydrogens (tertiary/aromatic N) is 12. The number of Topliss-reactive ketones (excluding diaryl/α,β-unsaturated/α-hetero) is 4. The summed E-state index contributed by atoms with van der Waals surface area (Å²) in [5.41, 5.74) is 11.2. The fraction of sp³-hybridized carbons (Fsp3) is 0.463. The summed E-state index contributed by atoms with van der Waals surface area (Å²) in [6.07, 6.45) is 7.10. The van der Waals surface area contributed by atoms with Crippen LogP contribution < -0.4 is 25.3 Å². The molecule has 0 bridgehead atoms. The van der Waals surface area contributed by atoms with E-state index in [0.717, 1.165) is 203 Å². The molecule has 2 N–H and O–H groups in total. The van der Waals surface area contributed by atoms with Crippen molar-refractivity contribution in [3.8, 4) is 0 Å². The van der Waals surface area contributed by atoms with Gasteiger partial charge < -0.3 is 64.2 Å². The van der Waals surface area contributed by atoms with Gasteiger partial charge in [-0.05, 0) is 165 Å². The zero-order chi connectivity index (χ0) is 72.6. The molecule has 0 atom stereocenters. The van der Waals surface area contributed by atoms with Gasteiger partial charge in [-0.1, -0.05) is 84.5 Å². The van der Waals surface area contributed by atoms with Crippen molar-refractivity contribution in [2.75, 3.05) is 188 Å². The van der Waals surface area contributed by atoms with Crippen molar-refractivity contribution >= 4 is 127 Å². The van der Waals surface area contributed by atoms with Crippen LogP contribution in [0.2, 0.25) is 15.1 Å². The molecule has 0 spiro atoms. The molecule has 103 heavy (non-hydrogen) atoms. The van der Waals surface area contributed by atoms with Crippen LogP contribution in [0.3, 0.4) is 0 Å². The monoisotopic (exact) mass is 1460 g/mol. The van der Waals surface area contributed by atoms with Gasteiger partial charge in [-0.2, -0.15) is 0 Å². The molecule has 6 heterocycles. The van der Waals surface area contributed by atoms with Crippen molar-refractivity contribution < 1.29 is 28.7 Å². The minimum Gasteiger partial charge on any atom is -0.381 e. The molecular formula is C80H103Cl3N14O6. The van der Waals surface area contributed by atoms with Crippen LogP contribution >= 0.6 is 34.8 Å². The number of hydrogen-bond donors (Lipinski definition) is 2. The standard InChI is InChI=1S/C29H38ClN5O3.C27H35ClN4O2.C24H30ClN5O/c1-31-20-23(36)7-5-17-38-18-6-8-24(37)21-35-27-10-4-3-9-25(27)29(34-15-13-33(2)14-16-34)32-26-19-22(30)11-12-28(26)35;1-3-4-17-34-18-7-8-22(33)20-32-25-10-6-5-9-23(25)27(31-15-13-30(2)14-16-31)29-24-19-21(28)11-12-26(24)32;1-26-11-5-6-19(31)17-30-22-8-4-3-7-20(22)24(29-14-12-28(2)13-15-29)27-21-16-18(25)9-10-23(21)30/h3-4,9-12,19,31H,5-8,13-18,20-21H2,1-2H3;5-6,9-12,19H,3-4,7-8,13-18,20H2,1-2H3;3-4,7-10,16,26H,5-6,11-15,17H2,1-2H3. The summed E-state index contributed by atoms with van der Waals surface area (Å²) < 4.78 is 11.3. The van der Waals surface area contributed by atoms with Gasteiger partial charge in [0.25, 0.3) is 0 Å². The molecule has 0 unspecified atom stereocenters. The first-order valence-electron chi connectivity index (χ1n) is 36.7. The van der Waals surface area contributed by atoms with Gasteiger partial charge in [0, 0.05) is 162 Å². The Morgan fingerprint density at radius 3 is 1.02 bits per heavy atom. The number of carbonyl (C=O) groups is 4. The second kappa shape index (κ2) is 39.5. The van der Waals surface area contributed by atoms with Gasteiger partial charge in [0.1, 0.15) is 23.3 Å². The number of anilines is 6. The third kappa shape index (κ3) is 21.8. The molecule has 6 aliphatic rings. The normalized spacial score (nSPS) is 16.0. The van der Waals surface area contributed by atoms with Crippen LogP contribution in [0.4, 0.5) is 51.2 Å². The molecule has 0 amide bonds. The molecule has 0 aliphatic carbocycles. The molecule has 0 aromatic heterocycles. The second-order valence-corrected chi connectivity index (χ2v) is 28.5. The van der Waals surface area contributed by atoms with Crippen LogP contribution in [-0.4, -0.2) is 243 Å². The lowest BCUT2D eigenvalue weighted by Crippen LogP contribution is -2.47. The van der Waals surface area contributed by atoms with Crippen molar-refractivity contribution in [3.63, 3.8) is 0 Å². The Morgan fingerprint density at radius 1 is 0.388 bits per heavy atom. The van der Waals surface area contributed by atoms with E-state index in [1.54, 1.807) is 7.05 Å². The molecule has 23 heteroatoms. The van der Waals surface area contributed by atoms with Gasteiger partial charge in [-0.15, -0.1) is 0 Å². The average molecular weight is 1460 g/mol. The Hall–Kier alpha value is -7.60. The number of hydrogen-bond acceptors (Lipinski definition) is 20. The number of piperazine rings is 3. The van der Waals surface area contributed by atoms with E-state index in [9.17, 15) is 19.2 Å². The van der Waals surface area contributed by atoms with Gasteiger partial charge in [0.2, 0.25) is 0 Å². The molecule has 0 radical (unpaired) electrons. The van der Waals surface area contributed by atoms with E-state index in [4.69, 9.17) is 59.3 Å². The maximum Gasteiger partial charge on any atom is 0.152 e. The summed E-state index contributed by atoms with van der Waals surface area (Å²) in [6, 6.07) is 41.9. The molecule has 550 valence electrons. The minimum atomic E-state index is 0.136. The predicted octanol–water partition coefficient (Wildman–Crippen LogP) is 13.0. The van der Waals surface area contributed by atoms with E-state index in [2.05, 4.69) is 119 Å². The maximum absolute atomic E-state index is 13.2. The lowest BCUT2D eigenvalue weighted by molar-refractivity contribution is -0.119. The number of benzene rings is 6. The smallest absolute Gasteiger partial charge is 0.152 e. The van der Waals surface area contributed by atoms with Crippen molar-refractivity contribution in [1.29, 1.82) is 0 Å². The zero-order valence-electron chi connectivity index (χ0n) is 61.0. The summed E-state index contributed by atoms with van der Waals surface area (Å²) in [4.78, 5) is 86.3. The Labute approximate surface area is 624 Å². The Balaban J connectivity index is 0.000000167. The van der Waals surface area contributed by atoms with Crippen LogP contribution in [0, 0.1) is 0 Å². The van der Waals surface area contributed by atoms with Gasteiger partial charge >= 0.3 is 0 Å². The molecule has 6 aliphatic heterocycles. The molecule has 3 saturated heterocycles. The van der Waals surface area contributed by atoms with E-state index >= 15 is 0 Å². The number of unbranched alkanes of at least 4 members (excludes halogenated alkanes) is 1. The highest BCUT2D eigenvalue weighted by atomic mass is 35.5. The Morgan fingerprint density at radius 2 is 0.699 bits per heavy atom. The molecule has 12 rings (SSSR count). The number of fused-ring (bicyclic) bond motifs is 6. The number of para-hydroxylation sites is 3. The van der Waals surface area contributed by atoms with Crippen molar-refractivity contribution in [2.45, 2.75) is 71.1 Å². The fourth-order valence-corrected chi connectivity index (χ4v) is 13.9. The van der Waals surface area contributed by atoms with Crippen molar-refractivity contribution in [2.24, 2.45) is 15.0 Å². The lowest BCUT2D eigenvalue weighted by atomic mass is 10.1. The van der Waals surface area contributed by atoms with E-state index in [1.165, 1.54) is 0 Å². The first-order chi connectivity index (χ1) is 50.1. The zero-order valence-corrected chi connectivity index (χ0v) is 63.3. The van der Waals surface area contributed by atoms with Crippen LogP contribution in [-0.2, 0) is 28.7 Å². The van der Waals surface area contributed by atoms with E-state index in [1.807, 2.05) is 98.0 Å². The van der Waals surface area contributed by atoms with Gasteiger partial charge in [0.15, 0.2) is 17.3 Å². The largest absolute Gasteiger partial charge is 0.381 e. The summed E-state index contributed by atoms with van der Waals surface area (Å²) in [5.74, 6) is 3.56. The molecule has 3 fully saturated rings. The highest BCUT2D eigenvalue weighted by Gasteiger charge is 2.33. The van der Waals surface area contributed by atoms with Crippen LogP contribution in [0.5, 0.6) is 0 Å². The number of nitrogens with one attached hydrogen (secondary N) is 2. The highest BCUT2D eigenvalue weighted by molar-refractivity contribution is 6.32. The Kier molecular flexibility index (Phi) is 29.9. The maximum atomic E-state index is 13.2. The molecule has 20 nitrogen and oxygen atoms in total. The summed E-state index contributed by atoms with van der Waals surface area (Å²) in [5, 5.41) is 7.88.